The SMILES string of the molecule is Cc1cccc2c1ccn2CCCN1CCN(C)CC1. The Bertz CT molecular complexity index is 565. The molecule has 3 heteroatoms. The lowest BCUT2D eigenvalue weighted by molar-refractivity contribution is 0.151. The minimum absolute atomic E-state index is 1.12. The second-order valence-corrected chi connectivity index (χ2v) is 6.02. The van der Waals surface area contributed by atoms with E-state index in [9.17, 15) is 0 Å². The second kappa shape index (κ2) is 5.98. The molecule has 1 aliphatic heterocycles. The van der Waals surface area contributed by atoms with Gasteiger partial charge < -0.3 is 14.4 Å². The van der Waals surface area contributed by atoms with Crippen LogP contribution in [0.25, 0.3) is 10.9 Å². The first-order valence-corrected chi connectivity index (χ1v) is 7.69. The highest BCUT2D eigenvalue weighted by Gasteiger charge is 2.13. The highest BCUT2D eigenvalue weighted by atomic mass is 15.2. The van der Waals surface area contributed by atoms with Crippen molar-refractivity contribution in [3.63, 3.8) is 0 Å². The fourth-order valence-electron chi connectivity index (χ4n) is 3.11. The van der Waals surface area contributed by atoms with Crippen molar-refractivity contribution in [1.29, 1.82) is 0 Å². The summed E-state index contributed by atoms with van der Waals surface area (Å²) < 4.78 is 2.40. The molecular formula is C17H25N3. The number of hydrogen-bond donors (Lipinski definition) is 0. The monoisotopic (exact) mass is 271 g/mol. The molecule has 2 aromatic rings. The van der Waals surface area contributed by atoms with E-state index < -0.39 is 0 Å². The number of aromatic nitrogens is 1. The van der Waals surface area contributed by atoms with Crippen LogP contribution in [0.3, 0.4) is 0 Å². The van der Waals surface area contributed by atoms with Gasteiger partial charge in [0.2, 0.25) is 0 Å². The van der Waals surface area contributed by atoms with Gasteiger partial charge in [-0.15, -0.1) is 0 Å². The van der Waals surface area contributed by atoms with Gasteiger partial charge in [-0.1, -0.05) is 12.1 Å². The molecule has 0 bridgehead atoms. The Hall–Kier alpha value is -1.32. The molecular weight excluding hydrogens is 246 g/mol. The second-order valence-electron chi connectivity index (χ2n) is 6.02. The molecule has 0 radical (unpaired) electrons. The molecule has 108 valence electrons. The molecule has 1 aliphatic rings. The smallest absolute Gasteiger partial charge is 0.0482 e. The number of benzene rings is 1. The van der Waals surface area contributed by atoms with Crippen molar-refractivity contribution in [2.75, 3.05) is 39.8 Å². The molecule has 0 aliphatic carbocycles. The quantitative estimate of drug-likeness (QED) is 0.847. The summed E-state index contributed by atoms with van der Waals surface area (Å²) in [7, 11) is 2.21. The van der Waals surface area contributed by atoms with E-state index in [1.807, 2.05) is 0 Å². The summed E-state index contributed by atoms with van der Waals surface area (Å²) in [5.41, 5.74) is 2.75. The highest BCUT2D eigenvalue weighted by molar-refractivity contribution is 5.83. The number of likely N-dealkylation sites (N-methyl/N-ethyl adjacent to an activating group) is 1. The molecule has 0 spiro atoms. The number of rotatable bonds is 4. The fraction of sp³-hybridized carbons (Fsp3) is 0.529. The molecule has 3 rings (SSSR count). The zero-order chi connectivity index (χ0) is 13.9. The van der Waals surface area contributed by atoms with Crippen molar-refractivity contribution in [1.82, 2.24) is 14.4 Å². The van der Waals surface area contributed by atoms with Gasteiger partial charge in [0.25, 0.3) is 0 Å². The summed E-state index contributed by atoms with van der Waals surface area (Å²) in [6.07, 6.45) is 3.48. The first-order valence-electron chi connectivity index (χ1n) is 7.69. The Balaban J connectivity index is 1.56. The van der Waals surface area contributed by atoms with E-state index in [0.717, 1.165) is 6.54 Å². The van der Waals surface area contributed by atoms with Gasteiger partial charge in [-0.2, -0.15) is 0 Å². The summed E-state index contributed by atoms with van der Waals surface area (Å²) >= 11 is 0. The fourth-order valence-corrected chi connectivity index (χ4v) is 3.11. The first kappa shape index (κ1) is 13.7. The van der Waals surface area contributed by atoms with E-state index in [-0.39, 0.29) is 0 Å². The maximum Gasteiger partial charge on any atom is 0.0482 e. The third-order valence-electron chi connectivity index (χ3n) is 4.50. The van der Waals surface area contributed by atoms with E-state index in [1.165, 1.54) is 55.6 Å². The van der Waals surface area contributed by atoms with Crippen molar-refractivity contribution >= 4 is 10.9 Å². The lowest BCUT2D eigenvalue weighted by Crippen LogP contribution is -2.44. The van der Waals surface area contributed by atoms with E-state index >= 15 is 0 Å². The van der Waals surface area contributed by atoms with Crippen LogP contribution in [0.4, 0.5) is 0 Å². The molecule has 1 aromatic carbocycles. The largest absolute Gasteiger partial charge is 0.347 e. The van der Waals surface area contributed by atoms with Crippen LogP contribution >= 0.6 is 0 Å². The zero-order valence-corrected chi connectivity index (χ0v) is 12.7. The standard InChI is InChI=1S/C17H25N3/c1-15-5-3-6-17-16(15)7-10-20(17)9-4-8-19-13-11-18(2)12-14-19/h3,5-7,10H,4,8-9,11-14H2,1-2H3. The van der Waals surface area contributed by atoms with Gasteiger partial charge in [-0.05, 0) is 44.6 Å². The van der Waals surface area contributed by atoms with Crippen LogP contribution in [-0.4, -0.2) is 54.1 Å². The van der Waals surface area contributed by atoms with Crippen molar-refractivity contribution in [2.45, 2.75) is 19.9 Å². The Morgan fingerprint density at radius 2 is 1.80 bits per heavy atom. The maximum atomic E-state index is 2.59. The molecule has 2 heterocycles. The van der Waals surface area contributed by atoms with E-state index in [1.54, 1.807) is 0 Å². The molecule has 0 amide bonds. The number of fused-ring (bicyclic) bond motifs is 1. The van der Waals surface area contributed by atoms with Crippen LogP contribution in [0, 0.1) is 6.92 Å². The van der Waals surface area contributed by atoms with Gasteiger partial charge in [0.15, 0.2) is 0 Å². The molecule has 0 N–H and O–H groups in total. The summed E-state index contributed by atoms with van der Waals surface area (Å²) in [5.74, 6) is 0. The van der Waals surface area contributed by atoms with Gasteiger partial charge in [-0.3, -0.25) is 0 Å². The minimum Gasteiger partial charge on any atom is -0.347 e. The molecule has 1 fully saturated rings. The van der Waals surface area contributed by atoms with Gasteiger partial charge >= 0.3 is 0 Å². The lowest BCUT2D eigenvalue weighted by atomic mass is 10.1. The van der Waals surface area contributed by atoms with Crippen molar-refractivity contribution in [2.24, 2.45) is 0 Å². The molecule has 0 unspecified atom stereocenters. The van der Waals surface area contributed by atoms with Crippen LogP contribution in [-0.2, 0) is 6.54 Å². The lowest BCUT2D eigenvalue weighted by Gasteiger charge is -2.32. The zero-order valence-electron chi connectivity index (χ0n) is 12.7. The topological polar surface area (TPSA) is 11.4 Å². The summed E-state index contributed by atoms with van der Waals surface area (Å²) in [4.78, 5) is 5.01. The molecule has 1 aromatic heterocycles. The average Bonchev–Trinajstić information content (AvgIpc) is 2.86. The normalized spacial score (nSPS) is 17.9. The van der Waals surface area contributed by atoms with Gasteiger partial charge in [0, 0.05) is 49.8 Å². The Kier molecular flexibility index (Phi) is 4.08. The summed E-state index contributed by atoms with van der Waals surface area (Å²) in [6, 6.07) is 8.84. The third kappa shape index (κ3) is 2.89. The van der Waals surface area contributed by atoms with E-state index in [4.69, 9.17) is 0 Å². The maximum absolute atomic E-state index is 2.59. The van der Waals surface area contributed by atoms with Crippen molar-refractivity contribution < 1.29 is 0 Å². The van der Waals surface area contributed by atoms with Gasteiger partial charge in [0.1, 0.15) is 0 Å². The number of nitrogens with zero attached hydrogens (tertiary/aromatic N) is 3. The van der Waals surface area contributed by atoms with Crippen molar-refractivity contribution in [3.05, 3.63) is 36.0 Å². The minimum atomic E-state index is 1.12. The van der Waals surface area contributed by atoms with Crippen LogP contribution < -0.4 is 0 Å². The van der Waals surface area contributed by atoms with Crippen LogP contribution in [0.1, 0.15) is 12.0 Å². The number of piperazine rings is 1. The van der Waals surface area contributed by atoms with E-state index in [2.05, 4.69) is 58.8 Å². The van der Waals surface area contributed by atoms with E-state index in [0.29, 0.717) is 0 Å². The molecule has 20 heavy (non-hydrogen) atoms. The van der Waals surface area contributed by atoms with Gasteiger partial charge in [0.05, 0.1) is 0 Å². The highest BCUT2D eigenvalue weighted by Crippen LogP contribution is 2.19. The summed E-state index contributed by atoms with van der Waals surface area (Å²) in [5, 5.41) is 1.40. The number of hydrogen-bond acceptors (Lipinski definition) is 2. The Morgan fingerprint density at radius 1 is 1.00 bits per heavy atom. The van der Waals surface area contributed by atoms with Gasteiger partial charge in [-0.25, -0.2) is 0 Å². The van der Waals surface area contributed by atoms with Crippen LogP contribution in [0.5, 0.6) is 0 Å². The molecule has 1 saturated heterocycles. The molecule has 0 atom stereocenters. The predicted molar refractivity (Wildman–Crippen MR) is 85.2 cm³/mol. The van der Waals surface area contributed by atoms with Crippen molar-refractivity contribution in [3.8, 4) is 0 Å². The Labute approximate surface area is 121 Å². The Morgan fingerprint density at radius 3 is 2.60 bits per heavy atom. The van der Waals surface area contributed by atoms with Crippen LogP contribution in [0.2, 0.25) is 0 Å². The first-order chi connectivity index (χ1) is 9.74. The van der Waals surface area contributed by atoms with Crippen LogP contribution in [0.15, 0.2) is 30.5 Å². The molecule has 3 nitrogen and oxygen atoms in total. The third-order valence-corrected chi connectivity index (χ3v) is 4.50. The summed E-state index contributed by atoms with van der Waals surface area (Å²) in [6.45, 7) is 9.41. The molecule has 0 saturated carbocycles. The number of aryl methyl sites for hydroxylation is 2. The predicted octanol–water partition coefficient (Wildman–Crippen LogP) is 2.59. The average molecular weight is 271 g/mol.